The van der Waals surface area contributed by atoms with E-state index in [0.717, 1.165) is 22.7 Å². The van der Waals surface area contributed by atoms with Crippen molar-refractivity contribution in [3.63, 3.8) is 0 Å². The number of para-hydroxylation sites is 1. The topological polar surface area (TPSA) is 141 Å². The Hall–Kier alpha value is -3.92. The van der Waals surface area contributed by atoms with Gasteiger partial charge in [0.1, 0.15) is 16.7 Å². The molecule has 1 unspecified atom stereocenters. The van der Waals surface area contributed by atoms with Crippen LogP contribution in [0.25, 0.3) is 0 Å². The molecule has 5 N–H and O–H groups in total. The summed E-state index contributed by atoms with van der Waals surface area (Å²) in [6, 6.07) is 13.6. The molecule has 9 nitrogen and oxygen atoms in total. The van der Waals surface area contributed by atoms with Gasteiger partial charge in [-0.05, 0) is 54.7 Å². The number of nitrogens with one attached hydrogen (secondary N) is 1. The van der Waals surface area contributed by atoms with Gasteiger partial charge in [-0.15, -0.1) is 0 Å². The van der Waals surface area contributed by atoms with Crippen LogP contribution in [0, 0.1) is 6.92 Å². The van der Waals surface area contributed by atoms with Crippen LogP contribution in [0.3, 0.4) is 0 Å². The summed E-state index contributed by atoms with van der Waals surface area (Å²) in [6.45, 7) is 3.74. The lowest BCUT2D eigenvalue weighted by Gasteiger charge is -2.29. The number of carbonyl (C=O) groups is 3. The molecule has 0 fully saturated rings. The van der Waals surface area contributed by atoms with Crippen LogP contribution in [0.2, 0.25) is 0 Å². The Morgan fingerprint density at radius 2 is 1.82 bits per heavy atom. The normalized spacial score (nSPS) is 11.5. The Kier molecular flexibility index (Phi) is 7.29. The summed E-state index contributed by atoms with van der Waals surface area (Å²) in [4.78, 5) is 39.5. The second kappa shape index (κ2) is 10.1. The Balaban J connectivity index is 1.88. The number of nitrogen functional groups attached to an aromatic ring is 1. The molecule has 1 atom stereocenters. The van der Waals surface area contributed by atoms with E-state index >= 15 is 0 Å². The second-order valence-electron chi connectivity index (χ2n) is 7.34. The lowest BCUT2D eigenvalue weighted by molar-refractivity contribution is -0.122. The molecule has 0 saturated heterocycles. The van der Waals surface area contributed by atoms with Gasteiger partial charge in [-0.3, -0.25) is 19.3 Å². The van der Waals surface area contributed by atoms with Crippen LogP contribution in [0.5, 0.6) is 5.75 Å². The van der Waals surface area contributed by atoms with Crippen LogP contribution in [0.4, 0.5) is 11.4 Å². The molecule has 3 rings (SSSR count). The standard InChI is InChI=1S/C23H25N5O4S/c1-13-6-4-5-7-17(13)28(23(31)20-18(24)19(21(25)29)27-33-20)14(2)22(30)26-12-15-8-10-16(32-3)11-9-15/h4-11,14H,12,24H2,1-3H3,(H2,25,29)(H,26,30). The Bertz CT molecular complexity index is 1180. The van der Waals surface area contributed by atoms with Crippen molar-refractivity contribution in [2.45, 2.75) is 26.4 Å². The number of amides is 3. The summed E-state index contributed by atoms with van der Waals surface area (Å²) >= 11 is 0.774. The maximum atomic E-state index is 13.5. The van der Waals surface area contributed by atoms with Gasteiger partial charge in [0, 0.05) is 12.2 Å². The molecule has 1 aromatic heterocycles. The fourth-order valence-corrected chi connectivity index (χ4v) is 4.01. The van der Waals surface area contributed by atoms with Crippen molar-refractivity contribution in [2.24, 2.45) is 5.73 Å². The molecule has 2 aromatic carbocycles. The van der Waals surface area contributed by atoms with Crippen LogP contribution in [-0.2, 0) is 11.3 Å². The van der Waals surface area contributed by atoms with Gasteiger partial charge in [0.2, 0.25) is 5.91 Å². The molecular formula is C23H25N5O4S. The van der Waals surface area contributed by atoms with Crippen LogP contribution in [0.15, 0.2) is 48.5 Å². The molecule has 0 aliphatic heterocycles. The molecule has 0 bridgehead atoms. The van der Waals surface area contributed by atoms with Crippen molar-refractivity contribution >= 4 is 40.6 Å². The zero-order chi connectivity index (χ0) is 24.1. The van der Waals surface area contributed by atoms with Crippen LogP contribution in [-0.4, -0.2) is 35.2 Å². The van der Waals surface area contributed by atoms with Gasteiger partial charge in [-0.2, -0.15) is 4.37 Å². The Morgan fingerprint density at radius 3 is 2.39 bits per heavy atom. The molecular weight excluding hydrogens is 442 g/mol. The van der Waals surface area contributed by atoms with E-state index in [4.69, 9.17) is 16.2 Å². The lowest BCUT2D eigenvalue weighted by atomic mass is 10.1. The Labute approximate surface area is 195 Å². The van der Waals surface area contributed by atoms with Crippen molar-refractivity contribution in [1.29, 1.82) is 0 Å². The molecule has 3 aromatic rings. The number of anilines is 2. The van der Waals surface area contributed by atoms with Gasteiger partial charge in [0.15, 0.2) is 5.69 Å². The molecule has 0 saturated carbocycles. The number of aromatic nitrogens is 1. The maximum Gasteiger partial charge on any atom is 0.272 e. The van der Waals surface area contributed by atoms with Gasteiger partial charge in [0.25, 0.3) is 11.8 Å². The predicted octanol–water partition coefficient (Wildman–Crippen LogP) is 2.49. The fraction of sp³-hybridized carbons (Fsp3) is 0.217. The largest absolute Gasteiger partial charge is 0.497 e. The third kappa shape index (κ3) is 5.12. The smallest absolute Gasteiger partial charge is 0.272 e. The molecule has 3 amide bonds. The minimum Gasteiger partial charge on any atom is -0.497 e. The average molecular weight is 468 g/mol. The molecule has 172 valence electrons. The molecule has 0 spiro atoms. The molecule has 0 aliphatic rings. The molecule has 33 heavy (non-hydrogen) atoms. The number of benzene rings is 2. The van der Waals surface area contributed by atoms with Gasteiger partial charge in [-0.1, -0.05) is 30.3 Å². The second-order valence-corrected chi connectivity index (χ2v) is 8.12. The van der Waals surface area contributed by atoms with Crippen LogP contribution >= 0.6 is 11.5 Å². The number of nitrogens with zero attached hydrogens (tertiary/aromatic N) is 2. The molecule has 0 radical (unpaired) electrons. The van der Waals surface area contributed by atoms with Crippen molar-refractivity contribution in [3.05, 3.63) is 70.2 Å². The van der Waals surface area contributed by atoms with Gasteiger partial charge < -0.3 is 21.5 Å². The number of aryl methyl sites for hydroxylation is 1. The molecule has 1 heterocycles. The summed E-state index contributed by atoms with van der Waals surface area (Å²) in [5, 5.41) is 2.86. The average Bonchev–Trinajstić information content (AvgIpc) is 3.20. The highest BCUT2D eigenvalue weighted by atomic mass is 32.1. The molecule has 10 heteroatoms. The van der Waals surface area contributed by atoms with Crippen molar-refractivity contribution in [2.75, 3.05) is 17.7 Å². The highest BCUT2D eigenvalue weighted by Crippen LogP contribution is 2.29. The van der Waals surface area contributed by atoms with E-state index in [-0.39, 0.29) is 28.7 Å². The zero-order valence-electron chi connectivity index (χ0n) is 18.5. The SMILES string of the molecule is COc1ccc(CNC(=O)C(C)N(C(=O)c2snc(C(N)=O)c2N)c2ccccc2C)cc1. The van der Waals surface area contributed by atoms with E-state index in [1.54, 1.807) is 38.3 Å². The number of nitrogens with two attached hydrogens (primary N) is 2. The van der Waals surface area contributed by atoms with Crippen LogP contribution in [0.1, 0.15) is 38.2 Å². The molecule has 0 aliphatic carbocycles. The minimum atomic E-state index is -0.879. The highest BCUT2D eigenvalue weighted by Gasteiger charge is 2.32. The van der Waals surface area contributed by atoms with Gasteiger partial charge in [-0.25, -0.2) is 0 Å². The predicted molar refractivity (Wildman–Crippen MR) is 127 cm³/mol. The van der Waals surface area contributed by atoms with Crippen molar-refractivity contribution < 1.29 is 19.1 Å². The van der Waals surface area contributed by atoms with Gasteiger partial charge >= 0.3 is 0 Å². The third-order valence-corrected chi connectivity index (χ3v) is 5.99. The summed E-state index contributed by atoms with van der Waals surface area (Å²) in [6.07, 6.45) is 0. The number of carbonyl (C=O) groups excluding carboxylic acids is 3. The number of hydrogen-bond acceptors (Lipinski definition) is 7. The quantitative estimate of drug-likeness (QED) is 0.465. The number of ether oxygens (including phenoxy) is 1. The highest BCUT2D eigenvalue weighted by molar-refractivity contribution is 7.09. The van der Waals surface area contributed by atoms with E-state index in [9.17, 15) is 14.4 Å². The summed E-state index contributed by atoms with van der Waals surface area (Å²) in [7, 11) is 1.58. The number of primary amides is 1. The summed E-state index contributed by atoms with van der Waals surface area (Å²) < 4.78 is 9.06. The van der Waals surface area contributed by atoms with Crippen molar-refractivity contribution in [3.8, 4) is 5.75 Å². The fourth-order valence-electron chi connectivity index (χ4n) is 3.26. The number of methoxy groups -OCH3 is 1. The minimum absolute atomic E-state index is 0.0434. The van der Waals surface area contributed by atoms with E-state index in [2.05, 4.69) is 9.69 Å². The first-order valence-corrected chi connectivity index (χ1v) is 10.9. The lowest BCUT2D eigenvalue weighted by Crippen LogP contribution is -2.48. The van der Waals surface area contributed by atoms with E-state index < -0.39 is 17.9 Å². The van der Waals surface area contributed by atoms with E-state index in [1.165, 1.54) is 4.90 Å². The number of hydrogen-bond donors (Lipinski definition) is 3. The summed E-state index contributed by atoms with van der Waals surface area (Å²) in [5.41, 5.74) is 13.2. The van der Waals surface area contributed by atoms with Gasteiger partial charge in [0.05, 0.1) is 12.8 Å². The Morgan fingerprint density at radius 1 is 1.15 bits per heavy atom. The summed E-state index contributed by atoms with van der Waals surface area (Å²) in [5.74, 6) is -1.01. The maximum absolute atomic E-state index is 13.5. The number of rotatable bonds is 8. The van der Waals surface area contributed by atoms with Crippen LogP contribution < -0.4 is 26.4 Å². The first kappa shape index (κ1) is 23.7. The van der Waals surface area contributed by atoms with E-state index in [1.807, 2.05) is 31.2 Å². The first-order valence-electron chi connectivity index (χ1n) is 10.1. The van der Waals surface area contributed by atoms with E-state index in [0.29, 0.717) is 11.4 Å². The third-order valence-electron chi connectivity index (χ3n) is 5.14. The van der Waals surface area contributed by atoms with Crippen molar-refractivity contribution in [1.82, 2.24) is 9.69 Å². The monoisotopic (exact) mass is 467 g/mol. The first-order chi connectivity index (χ1) is 15.7. The zero-order valence-corrected chi connectivity index (χ0v) is 19.3.